The summed E-state index contributed by atoms with van der Waals surface area (Å²) in [6, 6.07) is 0. The van der Waals surface area contributed by atoms with Crippen molar-refractivity contribution in [2.24, 2.45) is 22.4 Å². The van der Waals surface area contributed by atoms with Crippen molar-refractivity contribution in [1.82, 2.24) is 0 Å². The van der Waals surface area contributed by atoms with Gasteiger partial charge in [0.25, 0.3) is 0 Å². The topological polar surface area (TPSA) is 52.8 Å². The van der Waals surface area contributed by atoms with Gasteiger partial charge in [-0.05, 0) is 12.3 Å². The van der Waals surface area contributed by atoms with Gasteiger partial charge < -0.3 is 10.3 Å². The highest BCUT2D eigenvalue weighted by Gasteiger charge is 2.44. The number of hydrogen-bond acceptors (Lipinski definition) is 3. The Bertz CT molecular complexity index is 193. The Hall–Kier alpha value is -0.570. The molecular formula is C9H17NO2. The van der Waals surface area contributed by atoms with Gasteiger partial charge >= 0.3 is 0 Å². The molecule has 1 saturated carbocycles. The SMILES string of the molecule is CC(C)(C)/C(=N/O)C1CC1CO. The van der Waals surface area contributed by atoms with E-state index in [0.29, 0.717) is 11.8 Å². The van der Waals surface area contributed by atoms with Crippen molar-refractivity contribution >= 4 is 5.71 Å². The lowest BCUT2D eigenvalue weighted by Crippen LogP contribution is -2.23. The molecule has 0 spiro atoms. The summed E-state index contributed by atoms with van der Waals surface area (Å²) in [5.74, 6) is 0.634. The number of aliphatic hydroxyl groups excluding tert-OH is 1. The summed E-state index contributed by atoms with van der Waals surface area (Å²) in [7, 11) is 0. The van der Waals surface area contributed by atoms with Crippen LogP contribution in [0.5, 0.6) is 0 Å². The van der Waals surface area contributed by atoms with E-state index in [1.54, 1.807) is 0 Å². The molecule has 0 amide bonds. The molecule has 0 heterocycles. The van der Waals surface area contributed by atoms with E-state index in [0.717, 1.165) is 12.1 Å². The van der Waals surface area contributed by atoms with E-state index < -0.39 is 0 Å². The summed E-state index contributed by atoms with van der Waals surface area (Å²) < 4.78 is 0. The highest BCUT2D eigenvalue weighted by atomic mass is 16.4. The molecule has 70 valence electrons. The van der Waals surface area contributed by atoms with Crippen molar-refractivity contribution in [2.45, 2.75) is 27.2 Å². The Morgan fingerprint density at radius 2 is 2.08 bits per heavy atom. The van der Waals surface area contributed by atoms with Crippen molar-refractivity contribution in [3.63, 3.8) is 0 Å². The van der Waals surface area contributed by atoms with Crippen LogP contribution >= 0.6 is 0 Å². The minimum atomic E-state index is -0.0800. The zero-order valence-corrected chi connectivity index (χ0v) is 7.91. The molecule has 0 saturated heterocycles. The van der Waals surface area contributed by atoms with Crippen molar-refractivity contribution in [1.29, 1.82) is 0 Å². The molecular weight excluding hydrogens is 154 g/mol. The molecule has 2 atom stereocenters. The first-order chi connectivity index (χ1) is 5.50. The third-order valence-corrected chi connectivity index (χ3v) is 2.38. The molecule has 0 aromatic carbocycles. The molecule has 1 fully saturated rings. The molecule has 1 aliphatic carbocycles. The predicted molar refractivity (Wildman–Crippen MR) is 47.4 cm³/mol. The van der Waals surface area contributed by atoms with Crippen LogP contribution in [0.4, 0.5) is 0 Å². The van der Waals surface area contributed by atoms with E-state index in [1.165, 1.54) is 0 Å². The smallest absolute Gasteiger partial charge is 0.0658 e. The Morgan fingerprint density at radius 3 is 2.33 bits per heavy atom. The number of rotatable bonds is 2. The lowest BCUT2D eigenvalue weighted by molar-refractivity contribution is 0.270. The van der Waals surface area contributed by atoms with Crippen LogP contribution in [0.1, 0.15) is 27.2 Å². The summed E-state index contributed by atoms with van der Waals surface area (Å²) in [5, 5.41) is 21.0. The Kier molecular flexibility index (Phi) is 2.42. The minimum absolute atomic E-state index is 0.0800. The normalized spacial score (nSPS) is 30.5. The van der Waals surface area contributed by atoms with Gasteiger partial charge in [0.05, 0.1) is 5.71 Å². The van der Waals surface area contributed by atoms with Gasteiger partial charge in [-0.2, -0.15) is 0 Å². The van der Waals surface area contributed by atoms with E-state index in [-0.39, 0.29) is 12.0 Å². The third-order valence-electron chi connectivity index (χ3n) is 2.38. The first kappa shape index (κ1) is 9.52. The molecule has 0 aliphatic heterocycles. The van der Waals surface area contributed by atoms with Crippen LogP contribution in [0.15, 0.2) is 5.16 Å². The molecule has 1 rings (SSSR count). The summed E-state index contributed by atoms with van der Waals surface area (Å²) in [6.45, 7) is 6.28. The van der Waals surface area contributed by atoms with Gasteiger partial charge in [0.1, 0.15) is 0 Å². The zero-order chi connectivity index (χ0) is 9.35. The molecule has 2 unspecified atom stereocenters. The van der Waals surface area contributed by atoms with Crippen LogP contribution in [0.3, 0.4) is 0 Å². The van der Waals surface area contributed by atoms with Crippen molar-refractivity contribution in [3.8, 4) is 0 Å². The second kappa shape index (κ2) is 3.05. The number of oxime groups is 1. The average molecular weight is 171 g/mol. The molecule has 1 aliphatic rings. The predicted octanol–water partition coefficient (Wildman–Crippen LogP) is 1.49. The summed E-state index contributed by atoms with van der Waals surface area (Å²) in [5.41, 5.74) is 0.741. The van der Waals surface area contributed by atoms with Gasteiger partial charge in [-0.1, -0.05) is 25.9 Å². The average Bonchev–Trinajstić information content (AvgIpc) is 2.66. The quantitative estimate of drug-likeness (QED) is 0.376. The van der Waals surface area contributed by atoms with E-state index >= 15 is 0 Å². The highest BCUT2D eigenvalue weighted by molar-refractivity contribution is 5.93. The Morgan fingerprint density at radius 1 is 1.50 bits per heavy atom. The maximum absolute atomic E-state index is 8.85. The van der Waals surface area contributed by atoms with Crippen molar-refractivity contribution < 1.29 is 10.3 Å². The minimum Gasteiger partial charge on any atom is -0.411 e. The summed E-state index contributed by atoms with van der Waals surface area (Å²) in [6.07, 6.45) is 0.965. The van der Waals surface area contributed by atoms with Crippen LogP contribution in [0, 0.1) is 17.3 Å². The molecule has 0 aromatic heterocycles. The first-order valence-corrected chi connectivity index (χ1v) is 4.34. The summed E-state index contributed by atoms with van der Waals surface area (Å²) >= 11 is 0. The second-order valence-corrected chi connectivity index (χ2v) is 4.52. The molecule has 2 N–H and O–H groups in total. The van der Waals surface area contributed by atoms with Gasteiger partial charge in [0.2, 0.25) is 0 Å². The van der Waals surface area contributed by atoms with E-state index in [1.807, 2.05) is 20.8 Å². The number of hydrogen-bond donors (Lipinski definition) is 2. The van der Waals surface area contributed by atoms with Crippen LogP contribution in [-0.2, 0) is 0 Å². The lowest BCUT2D eigenvalue weighted by Gasteiger charge is -2.19. The van der Waals surface area contributed by atoms with Crippen molar-refractivity contribution in [3.05, 3.63) is 0 Å². The maximum atomic E-state index is 8.85. The largest absolute Gasteiger partial charge is 0.411 e. The van der Waals surface area contributed by atoms with Gasteiger partial charge in [-0.25, -0.2) is 0 Å². The van der Waals surface area contributed by atoms with Gasteiger partial charge in [-0.15, -0.1) is 0 Å². The highest BCUT2D eigenvalue weighted by Crippen LogP contribution is 2.43. The fourth-order valence-electron chi connectivity index (χ4n) is 1.56. The fourth-order valence-corrected chi connectivity index (χ4v) is 1.56. The van der Waals surface area contributed by atoms with Crippen LogP contribution in [0.25, 0.3) is 0 Å². The Balaban J connectivity index is 2.62. The lowest BCUT2D eigenvalue weighted by atomic mass is 9.86. The molecule has 0 bridgehead atoms. The van der Waals surface area contributed by atoms with Gasteiger partial charge in [0.15, 0.2) is 0 Å². The monoisotopic (exact) mass is 171 g/mol. The van der Waals surface area contributed by atoms with E-state index in [2.05, 4.69) is 5.16 Å². The van der Waals surface area contributed by atoms with Crippen LogP contribution in [0.2, 0.25) is 0 Å². The molecule has 3 nitrogen and oxygen atoms in total. The first-order valence-electron chi connectivity index (χ1n) is 4.34. The zero-order valence-electron chi connectivity index (χ0n) is 7.91. The van der Waals surface area contributed by atoms with E-state index in [4.69, 9.17) is 10.3 Å². The molecule has 0 aromatic rings. The molecule has 3 heteroatoms. The molecule has 0 radical (unpaired) electrons. The van der Waals surface area contributed by atoms with Crippen molar-refractivity contribution in [2.75, 3.05) is 6.61 Å². The van der Waals surface area contributed by atoms with Gasteiger partial charge in [0, 0.05) is 17.9 Å². The Labute approximate surface area is 73.1 Å². The second-order valence-electron chi connectivity index (χ2n) is 4.52. The van der Waals surface area contributed by atoms with Crippen LogP contribution < -0.4 is 0 Å². The van der Waals surface area contributed by atoms with Crippen LogP contribution in [-0.4, -0.2) is 22.6 Å². The third kappa shape index (κ3) is 1.78. The molecule has 12 heavy (non-hydrogen) atoms. The number of nitrogens with zero attached hydrogens (tertiary/aromatic N) is 1. The summed E-state index contributed by atoms with van der Waals surface area (Å²) in [4.78, 5) is 0. The number of aliphatic hydroxyl groups is 1. The standard InChI is InChI=1S/C9H17NO2/c1-9(2,3)8(10-12)7-4-6(7)5-11/h6-7,11-12H,4-5H2,1-3H3/b10-8+. The maximum Gasteiger partial charge on any atom is 0.0658 e. The fraction of sp³-hybridized carbons (Fsp3) is 0.889. The van der Waals surface area contributed by atoms with E-state index in [9.17, 15) is 0 Å². The van der Waals surface area contributed by atoms with Gasteiger partial charge in [-0.3, -0.25) is 0 Å².